The molecular weight excluding hydrogens is 592 g/mol. The number of aromatic nitrogens is 3. The Bertz CT molecular complexity index is 2010. The zero-order valence-corrected chi connectivity index (χ0v) is 26.5. The standard InChI is InChI=1S/C30H32N4O7S2/c1-16-10-25(35)34(24-11-17(2)31-19(4)26(16)24)14-20-8-9-22(21(13-20)15-38-5)23-12-18(3)42-30(23)43(36,37)33-28-27(39-6)29(40-7)41-32-28/h8-13H,14-15H2,1-7H3,(H,32,33). The fourth-order valence-corrected chi connectivity index (χ4v) is 7.93. The zero-order chi connectivity index (χ0) is 31.1. The molecule has 0 atom stereocenters. The first-order valence-corrected chi connectivity index (χ1v) is 15.6. The van der Waals surface area contributed by atoms with Gasteiger partial charge in [-0.05, 0) is 62.1 Å². The molecule has 1 N–H and O–H groups in total. The maximum absolute atomic E-state index is 13.6. The molecule has 0 amide bonds. The Labute approximate surface area is 253 Å². The summed E-state index contributed by atoms with van der Waals surface area (Å²) in [5.41, 5.74) is 6.13. The van der Waals surface area contributed by atoms with Crippen LogP contribution in [-0.4, -0.2) is 44.5 Å². The highest BCUT2D eigenvalue weighted by molar-refractivity contribution is 7.94. The van der Waals surface area contributed by atoms with Crippen LogP contribution in [0.15, 0.2) is 49.9 Å². The van der Waals surface area contributed by atoms with Gasteiger partial charge in [-0.15, -0.1) is 11.3 Å². The van der Waals surface area contributed by atoms with Crippen LogP contribution in [0.4, 0.5) is 5.82 Å². The first-order chi connectivity index (χ1) is 20.5. The van der Waals surface area contributed by atoms with Crippen molar-refractivity contribution in [1.82, 2.24) is 14.7 Å². The molecule has 5 aromatic rings. The normalized spacial score (nSPS) is 11.7. The minimum Gasteiger partial charge on any atom is -0.487 e. The lowest BCUT2D eigenvalue weighted by atomic mass is 9.99. The molecule has 5 rings (SSSR count). The van der Waals surface area contributed by atoms with Crippen molar-refractivity contribution in [3.63, 3.8) is 0 Å². The van der Waals surface area contributed by atoms with Crippen molar-refractivity contribution in [2.24, 2.45) is 0 Å². The van der Waals surface area contributed by atoms with E-state index in [-0.39, 0.29) is 33.9 Å². The molecule has 0 saturated carbocycles. The third kappa shape index (κ3) is 5.75. The van der Waals surface area contributed by atoms with E-state index in [0.29, 0.717) is 17.7 Å². The lowest BCUT2D eigenvalue weighted by Gasteiger charge is -2.16. The molecule has 0 aliphatic rings. The lowest BCUT2D eigenvalue weighted by Crippen LogP contribution is -2.21. The molecule has 0 unspecified atom stereocenters. The Balaban J connectivity index is 1.57. The number of pyridine rings is 2. The first-order valence-electron chi connectivity index (χ1n) is 13.3. The van der Waals surface area contributed by atoms with E-state index in [1.165, 1.54) is 14.2 Å². The largest absolute Gasteiger partial charge is 0.487 e. The van der Waals surface area contributed by atoms with Crippen LogP contribution in [0, 0.1) is 27.7 Å². The van der Waals surface area contributed by atoms with Crippen molar-refractivity contribution in [2.75, 3.05) is 26.1 Å². The molecule has 43 heavy (non-hydrogen) atoms. The summed E-state index contributed by atoms with van der Waals surface area (Å²) in [6.45, 7) is 8.16. The highest BCUT2D eigenvalue weighted by atomic mass is 32.2. The average molecular weight is 625 g/mol. The number of anilines is 1. The number of sulfonamides is 1. The number of nitrogens with zero attached hydrogens (tertiary/aromatic N) is 3. The molecule has 0 saturated heterocycles. The van der Waals surface area contributed by atoms with E-state index in [4.69, 9.17) is 18.7 Å². The Morgan fingerprint density at radius 2 is 1.77 bits per heavy atom. The van der Waals surface area contributed by atoms with Crippen LogP contribution >= 0.6 is 11.3 Å². The van der Waals surface area contributed by atoms with Crippen molar-refractivity contribution >= 4 is 38.1 Å². The second-order valence-corrected chi connectivity index (χ2v) is 13.3. The van der Waals surface area contributed by atoms with E-state index in [1.807, 2.05) is 58.0 Å². The fraction of sp³-hybridized carbons (Fsp3) is 0.300. The van der Waals surface area contributed by atoms with E-state index < -0.39 is 10.0 Å². The quantitative estimate of drug-likeness (QED) is 0.218. The molecule has 0 bridgehead atoms. The van der Waals surface area contributed by atoms with Crippen molar-refractivity contribution in [2.45, 2.75) is 45.1 Å². The Morgan fingerprint density at radius 3 is 2.47 bits per heavy atom. The van der Waals surface area contributed by atoms with Gasteiger partial charge in [0, 0.05) is 40.4 Å². The maximum atomic E-state index is 13.6. The van der Waals surface area contributed by atoms with E-state index in [2.05, 4.69) is 14.9 Å². The summed E-state index contributed by atoms with van der Waals surface area (Å²) < 4.78 is 52.4. The zero-order valence-electron chi connectivity index (χ0n) is 24.9. The second-order valence-electron chi connectivity index (χ2n) is 10.1. The number of methoxy groups -OCH3 is 3. The van der Waals surface area contributed by atoms with Crippen LogP contribution in [-0.2, 0) is 27.9 Å². The van der Waals surface area contributed by atoms with Gasteiger partial charge in [0.15, 0.2) is 0 Å². The average Bonchev–Trinajstić information content (AvgIpc) is 3.53. The summed E-state index contributed by atoms with van der Waals surface area (Å²) in [4.78, 5) is 18.6. The molecule has 11 nitrogen and oxygen atoms in total. The smallest absolute Gasteiger partial charge is 0.356 e. The van der Waals surface area contributed by atoms with E-state index in [1.54, 1.807) is 17.7 Å². The van der Waals surface area contributed by atoms with Crippen LogP contribution in [0.5, 0.6) is 11.7 Å². The second kappa shape index (κ2) is 11.8. The molecule has 0 aliphatic carbocycles. The summed E-state index contributed by atoms with van der Waals surface area (Å²) in [5.74, 6) is -0.145. The van der Waals surface area contributed by atoms with Gasteiger partial charge in [0.25, 0.3) is 15.6 Å². The molecule has 0 fully saturated rings. The van der Waals surface area contributed by atoms with Gasteiger partial charge < -0.3 is 23.3 Å². The molecule has 226 valence electrons. The van der Waals surface area contributed by atoms with Gasteiger partial charge in [-0.2, -0.15) is 0 Å². The monoisotopic (exact) mass is 624 g/mol. The number of benzene rings is 1. The van der Waals surface area contributed by atoms with Gasteiger partial charge in [-0.1, -0.05) is 23.4 Å². The summed E-state index contributed by atoms with van der Waals surface area (Å²) >= 11 is 1.13. The third-order valence-electron chi connectivity index (χ3n) is 7.01. The Hall–Kier alpha value is -4.20. The number of thiophene rings is 1. The van der Waals surface area contributed by atoms with Crippen LogP contribution in [0.3, 0.4) is 0 Å². The van der Waals surface area contributed by atoms with Crippen molar-refractivity contribution in [1.29, 1.82) is 0 Å². The number of hydrogen-bond acceptors (Lipinski definition) is 10. The van der Waals surface area contributed by atoms with Crippen LogP contribution < -0.4 is 19.8 Å². The predicted molar refractivity (Wildman–Crippen MR) is 165 cm³/mol. The molecule has 0 aliphatic heterocycles. The van der Waals surface area contributed by atoms with Crippen molar-refractivity contribution in [3.8, 4) is 22.8 Å². The number of aryl methyl sites for hydroxylation is 4. The van der Waals surface area contributed by atoms with Crippen molar-refractivity contribution < 1.29 is 27.2 Å². The van der Waals surface area contributed by atoms with E-state index in [9.17, 15) is 13.2 Å². The fourth-order valence-electron chi connectivity index (χ4n) is 5.29. The van der Waals surface area contributed by atoms with Gasteiger partial charge in [0.05, 0.1) is 32.9 Å². The number of nitrogens with one attached hydrogen (secondary N) is 1. The Morgan fingerprint density at radius 1 is 1.00 bits per heavy atom. The molecule has 4 heterocycles. The SMILES string of the molecule is COCc1cc(Cn2c(=O)cc(C)c3c(C)nc(C)cc32)ccc1-c1cc(C)sc1S(=O)(=O)Nc1noc(OC)c1OC. The number of fused-ring (bicyclic) bond motifs is 1. The van der Waals surface area contributed by atoms with Gasteiger partial charge in [0.1, 0.15) is 4.21 Å². The van der Waals surface area contributed by atoms with Gasteiger partial charge in [-0.3, -0.25) is 14.5 Å². The summed E-state index contributed by atoms with van der Waals surface area (Å²) in [7, 11) is 0.187. The summed E-state index contributed by atoms with van der Waals surface area (Å²) in [6.07, 6.45) is 0. The Kier molecular flexibility index (Phi) is 8.32. The van der Waals surface area contributed by atoms with E-state index in [0.717, 1.165) is 55.2 Å². The third-order valence-corrected chi connectivity index (χ3v) is 9.93. The number of ether oxygens (including phenoxy) is 3. The molecule has 13 heteroatoms. The molecule has 0 radical (unpaired) electrons. The highest BCUT2D eigenvalue weighted by Gasteiger charge is 2.28. The van der Waals surface area contributed by atoms with Crippen LogP contribution in [0.2, 0.25) is 0 Å². The number of rotatable bonds is 10. The summed E-state index contributed by atoms with van der Waals surface area (Å²) in [5, 5.41) is 4.71. The van der Waals surface area contributed by atoms with Crippen LogP contribution in [0.1, 0.15) is 33.0 Å². The summed E-state index contributed by atoms with van der Waals surface area (Å²) in [6, 6.07) is 11.1. The molecule has 4 aromatic heterocycles. The minimum absolute atomic E-state index is 0.0327. The highest BCUT2D eigenvalue weighted by Crippen LogP contribution is 2.40. The van der Waals surface area contributed by atoms with Gasteiger partial charge in [0.2, 0.25) is 11.6 Å². The van der Waals surface area contributed by atoms with Crippen molar-refractivity contribution in [3.05, 3.63) is 79.7 Å². The van der Waals surface area contributed by atoms with Gasteiger partial charge in [-0.25, -0.2) is 8.42 Å². The molecule has 0 spiro atoms. The molecule has 1 aromatic carbocycles. The molecular formula is C30H32N4O7S2. The van der Waals surface area contributed by atoms with E-state index >= 15 is 0 Å². The maximum Gasteiger partial charge on any atom is 0.356 e. The van der Waals surface area contributed by atoms with Crippen LogP contribution in [0.25, 0.3) is 22.0 Å². The number of hydrogen-bond donors (Lipinski definition) is 1. The lowest BCUT2D eigenvalue weighted by molar-refractivity contribution is 0.185. The first kappa shape index (κ1) is 30.3. The topological polar surface area (TPSA) is 135 Å². The van der Waals surface area contributed by atoms with Gasteiger partial charge >= 0.3 is 5.95 Å². The minimum atomic E-state index is -4.11. The predicted octanol–water partition coefficient (Wildman–Crippen LogP) is 5.36.